The lowest BCUT2D eigenvalue weighted by Crippen LogP contribution is -2.36. The fraction of sp³-hybridized carbons (Fsp3) is 0.571. The Kier molecular flexibility index (Phi) is 4.74. The number of nitrogens with zero attached hydrogens (tertiary/aromatic N) is 2. The highest BCUT2D eigenvalue weighted by atomic mass is 16.5. The van der Waals surface area contributed by atoms with E-state index >= 15 is 0 Å². The van der Waals surface area contributed by atoms with E-state index in [2.05, 4.69) is 15.2 Å². The van der Waals surface area contributed by atoms with Crippen LogP contribution in [-0.4, -0.2) is 43.2 Å². The number of pyridine rings is 1. The number of rotatable bonds is 4. The first-order valence-corrected chi connectivity index (χ1v) is 6.80. The van der Waals surface area contributed by atoms with Crippen LogP contribution in [0.4, 0.5) is 5.69 Å². The first-order chi connectivity index (χ1) is 9.20. The molecule has 1 aromatic rings. The van der Waals surface area contributed by atoms with Gasteiger partial charge >= 0.3 is 0 Å². The van der Waals surface area contributed by atoms with Crippen molar-refractivity contribution in [1.29, 1.82) is 0 Å². The molecule has 5 nitrogen and oxygen atoms in total. The van der Waals surface area contributed by atoms with Crippen molar-refractivity contribution in [3.05, 3.63) is 24.0 Å². The van der Waals surface area contributed by atoms with Crippen molar-refractivity contribution < 1.29 is 9.53 Å². The summed E-state index contributed by atoms with van der Waals surface area (Å²) in [5, 5.41) is 2.91. The lowest BCUT2D eigenvalue weighted by atomic mass is 10.2. The van der Waals surface area contributed by atoms with Crippen molar-refractivity contribution in [2.75, 3.05) is 31.2 Å². The third-order valence-corrected chi connectivity index (χ3v) is 3.35. The number of morpholine rings is 1. The predicted octanol–water partition coefficient (Wildman–Crippen LogP) is 1.45. The normalized spacial score (nSPS) is 17.1. The van der Waals surface area contributed by atoms with Crippen LogP contribution in [0.2, 0.25) is 0 Å². The summed E-state index contributed by atoms with van der Waals surface area (Å²) < 4.78 is 5.31. The molecule has 1 fully saturated rings. The molecule has 0 radical (unpaired) electrons. The lowest BCUT2D eigenvalue weighted by molar-refractivity contribution is 0.0934. The number of hydrogen-bond acceptors (Lipinski definition) is 4. The molecule has 1 saturated heterocycles. The molecule has 0 saturated carbocycles. The van der Waals surface area contributed by atoms with E-state index in [1.165, 1.54) is 0 Å². The van der Waals surface area contributed by atoms with E-state index in [0.717, 1.165) is 38.4 Å². The molecule has 19 heavy (non-hydrogen) atoms. The zero-order valence-corrected chi connectivity index (χ0v) is 11.6. The number of ether oxygens (including phenoxy) is 1. The van der Waals surface area contributed by atoms with E-state index in [9.17, 15) is 4.79 Å². The monoisotopic (exact) mass is 263 g/mol. The van der Waals surface area contributed by atoms with Gasteiger partial charge in [-0.1, -0.05) is 6.92 Å². The van der Waals surface area contributed by atoms with Gasteiger partial charge in [-0.3, -0.25) is 4.79 Å². The molecule has 2 heterocycles. The topological polar surface area (TPSA) is 54.5 Å². The van der Waals surface area contributed by atoms with E-state index in [4.69, 9.17) is 4.74 Å². The van der Waals surface area contributed by atoms with Gasteiger partial charge in [0.05, 0.1) is 25.1 Å². The predicted molar refractivity (Wildman–Crippen MR) is 74.5 cm³/mol. The zero-order valence-electron chi connectivity index (χ0n) is 11.6. The summed E-state index contributed by atoms with van der Waals surface area (Å²) in [5.74, 6) is -0.108. The van der Waals surface area contributed by atoms with Crippen LogP contribution in [0, 0.1) is 0 Å². The quantitative estimate of drug-likeness (QED) is 0.893. The Balaban J connectivity index is 1.99. The second-order valence-corrected chi connectivity index (χ2v) is 4.78. The van der Waals surface area contributed by atoms with Crippen molar-refractivity contribution in [3.8, 4) is 0 Å². The first-order valence-electron chi connectivity index (χ1n) is 6.80. The average molecular weight is 263 g/mol. The second kappa shape index (κ2) is 6.52. The molecule has 1 N–H and O–H groups in total. The Morgan fingerprint density at radius 3 is 2.79 bits per heavy atom. The Hall–Kier alpha value is -1.62. The van der Waals surface area contributed by atoms with Crippen LogP contribution in [0.25, 0.3) is 0 Å². The van der Waals surface area contributed by atoms with Gasteiger partial charge in [0, 0.05) is 19.1 Å². The maximum atomic E-state index is 11.9. The number of amides is 1. The van der Waals surface area contributed by atoms with E-state index in [1.54, 1.807) is 12.3 Å². The number of aromatic nitrogens is 1. The fourth-order valence-corrected chi connectivity index (χ4v) is 1.93. The summed E-state index contributed by atoms with van der Waals surface area (Å²) in [5.41, 5.74) is 1.51. The lowest BCUT2D eigenvalue weighted by Gasteiger charge is -2.28. The maximum absolute atomic E-state index is 11.9. The highest BCUT2D eigenvalue weighted by molar-refractivity contribution is 5.92. The summed E-state index contributed by atoms with van der Waals surface area (Å²) in [6.45, 7) is 7.27. The van der Waals surface area contributed by atoms with E-state index in [1.807, 2.05) is 19.9 Å². The Bertz CT molecular complexity index is 413. The summed E-state index contributed by atoms with van der Waals surface area (Å²) in [4.78, 5) is 18.4. The Labute approximate surface area is 114 Å². The molecule has 1 atom stereocenters. The minimum atomic E-state index is -0.108. The molecule has 0 bridgehead atoms. The minimum Gasteiger partial charge on any atom is -0.378 e. The van der Waals surface area contributed by atoms with Crippen LogP contribution < -0.4 is 10.2 Å². The number of hydrogen-bond donors (Lipinski definition) is 1. The summed E-state index contributed by atoms with van der Waals surface area (Å²) in [6, 6.07) is 3.90. The van der Waals surface area contributed by atoms with Crippen LogP contribution in [0.1, 0.15) is 30.8 Å². The number of anilines is 1. The highest BCUT2D eigenvalue weighted by Crippen LogP contribution is 2.14. The fourth-order valence-electron chi connectivity index (χ4n) is 1.93. The van der Waals surface area contributed by atoms with Gasteiger partial charge in [-0.15, -0.1) is 0 Å². The molecular formula is C14H21N3O2. The second-order valence-electron chi connectivity index (χ2n) is 4.78. The molecule has 1 unspecified atom stereocenters. The standard InChI is InChI=1S/C14H21N3O2/c1-3-11(2)16-14(18)13-5-4-12(10-15-13)17-6-8-19-9-7-17/h4-5,10-11H,3,6-9H2,1-2H3,(H,16,18). The molecule has 0 aromatic carbocycles. The molecule has 1 aromatic heterocycles. The molecule has 5 heteroatoms. The van der Waals surface area contributed by atoms with E-state index in [0.29, 0.717) is 5.69 Å². The molecule has 0 aliphatic carbocycles. The zero-order chi connectivity index (χ0) is 13.7. The van der Waals surface area contributed by atoms with Crippen LogP contribution in [0.3, 0.4) is 0 Å². The highest BCUT2D eigenvalue weighted by Gasteiger charge is 2.13. The largest absolute Gasteiger partial charge is 0.378 e. The van der Waals surface area contributed by atoms with Crippen LogP contribution in [0.15, 0.2) is 18.3 Å². The van der Waals surface area contributed by atoms with Gasteiger partial charge in [0.2, 0.25) is 0 Å². The molecule has 104 valence electrons. The van der Waals surface area contributed by atoms with Crippen LogP contribution >= 0.6 is 0 Å². The summed E-state index contributed by atoms with van der Waals surface area (Å²) >= 11 is 0. The van der Waals surface area contributed by atoms with Crippen LogP contribution in [-0.2, 0) is 4.74 Å². The molecule has 1 amide bonds. The summed E-state index contributed by atoms with van der Waals surface area (Å²) in [6.07, 6.45) is 2.68. The van der Waals surface area contributed by atoms with Gasteiger partial charge in [0.1, 0.15) is 5.69 Å². The first kappa shape index (κ1) is 13.8. The van der Waals surface area contributed by atoms with Crippen LogP contribution in [0.5, 0.6) is 0 Å². The number of carbonyl (C=O) groups is 1. The third-order valence-electron chi connectivity index (χ3n) is 3.35. The van der Waals surface area contributed by atoms with Gasteiger partial charge < -0.3 is 15.0 Å². The minimum absolute atomic E-state index is 0.108. The number of carbonyl (C=O) groups excluding carboxylic acids is 1. The van der Waals surface area contributed by atoms with Gasteiger partial charge in [-0.2, -0.15) is 0 Å². The SMILES string of the molecule is CCC(C)NC(=O)c1ccc(N2CCOCC2)cn1. The third kappa shape index (κ3) is 3.67. The van der Waals surface area contributed by atoms with E-state index < -0.39 is 0 Å². The van der Waals surface area contributed by atoms with Crippen molar-refractivity contribution >= 4 is 11.6 Å². The van der Waals surface area contributed by atoms with Gasteiger partial charge in [0.15, 0.2) is 0 Å². The molecular weight excluding hydrogens is 242 g/mol. The van der Waals surface area contributed by atoms with Gasteiger partial charge in [0.25, 0.3) is 5.91 Å². The van der Waals surface area contributed by atoms with Crippen molar-refractivity contribution in [1.82, 2.24) is 10.3 Å². The maximum Gasteiger partial charge on any atom is 0.270 e. The smallest absolute Gasteiger partial charge is 0.270 e. The van der Waals surface area contributed by atoms with Gasteiger partial charge in [-0.05, 0) is 25.5 Å². The Morgan fingerprint density at radius 2 is 2.21 bits per heavy atom. The summed E-state index contributed by atoms with van der Waals surface area (Å²) in [7, 11) is 0. The van der Waals surface area contributed by atoms with Crippen molar-refractivity contribution in [2.24, 2.45) is 0 Å². The molecule has 0 spiro atoms. The van der Waals surface area contributed by atoms with E-state index in [-0.39, 0.29) is 11.9 Å². The average Bonchev–Trinajstić information content (AvgIpc) is 2.48. The molecule has 1 aliphatic rings. The van der Waals surface area contributed by atoms with Crippen molar-refractivity contribution in [3.63, 3.8) is 0 Å². The Morgan fingerprint density at radius 1 is 1.47 bits per heavy atom. The van der Waals surface area contributed by atoms with Gasteiger partial charge in [-0.25, -0.2) is 4.98 Å². The number of nitrogens with one attached hydrogen (secondary N) is 1. The van der Waals surface area contributed by atoms with Crippen molar-refractivity contribution in [2.45, 2.75) is 26.3 Å². The molecule has 2 rings (SSSR count). The molecule has 1 aliphatic heterocycles.